The second-order valence-corrected chi connectivity index (χ2v) is 6.44. The molecule has 0 bridgehead atoms. The fourth-order valence-electron chi connectivity index (χ4n) is 2.12. The summed E-state index contributed by atoms with van der Waals surface area (Å²) in [4.78, 5) is 14.2. The van der Waals surface area contributed by atoms with E-state index in [0.717, 1.165) is 0 Å². The molecule has 0 N–H and O–H groups in total. The molecule has 2 rings (SSSR count). The van der Waals surface area contributed by atoms with Gasteiger partial charge in [-0.25, -0.2) is 8.42 Å². The summed E-state index contributed by atoms with van der Waals surface area (Å²) >= 11 is 0. The third kappa shape index (κ3) is 2.91. The average molecular weight is 321 g/mol. The molecule has 1 aromatic carbocycles. The van der Waals surface area contributed by atoms with Gasteiger partial charge in [-0.05, 0) is 38.1 Å². The van der Waals surface area contributed by atoms with E-state index in [-0.39, 0.29) is 17.1 Å². The van der Waals surface area contributed by atoms with Crippen LogP contribution in [0.5, 0.6) is 0 Å². The lowest BCUT2D eigenvalue weighted by Crippen LogP contribution is -2.30. The number of benzene rings is 1. The van der Waals surface area contributed by atoms with Crippen molar-refractivity contribution in [3.63, 3.8) is 0 Å². The Kier molecular flexibility index (Phi) is 4.41. The van der Waals surface area contributed by atoms with Crippen LogP contribution in [0.1, 0.15) is 12.5 Å². The van der Waals surface area contributed by atoms with Gasteiger partial charge in [0.05, 0.1) is 15.5 Å². The van der Waals surface area contributed by atoms with Crippen molar-refractivity contribution in [2.24, 2.45) is 0 Å². The minimum atomic E-state index is -3.79. The molecule has 0 unspecified atom stereocenters. The maximum atomic E-state index is 12.7. The Bertz CT molecular complexity index is 791. The van der Waals surface area contributed by atoms with Crippen molar-refractivity contribution in [3.05, 3.63) is 58.4 Å². The van der Waals surface area contributed by atoms with Gasteiger partial charge in [-0.3, -0.25) is 19.4 Å². The van der Waals surface area contributed by atoms with Gasteiger partial charge in [-0.1, -0.05) is 0 Å². The van der Waals surface area contributed by atoms with E-state index in [2.05, 4.69) is 4.98 Å². The number of hydrogen-bond acceptors (Lipinski definition) is 5. The smallest absolute Gasteiger partial charge is 0.267 e. The molecule has 8 heteroatoms. The molecule has 0 fully saturated rings. The Morgan fingerprint density at radius 1 is 1.23 bits per heavy atom. The summed E-state index contributed by atoms with van der Waals surface area (Å²) in [5.74, 6) is 0. The van der Waals surface area contributed by atoms with Gasteiger partial charge in [-0.2, -0.15) is 0 Å². The topological polar surface area (TPSA) is 93.4 Å². The highest BCUT2D eigenvalue weighted by Gasteiger charge is 2.25. The van der Waals surface area contributed by atoms with Crippen LogP contribution in [0.25, 0.3) is 0 Å². The second-order valence-electron chi connectivity index (χ2n) is 4.58. The maximum Gasteiger partial charge on any atom is 0.272 e. The highest BCUT2D eigenvalue weighted by molar-refractivity contribution is 7.92. The summed E-state index contributed by atoms with van der Waals surface area (Å²) < 4.78 is 26.7. The number of anilines is 1. The van der Waals surface area contributed by atoms with Crippen LogP contribution in [-0.4, -0.2) is 24.9 Å². The Morgan fingerprint density at radius 3 is 2.36 bits per heavy atom. The molecule has 1 aromatic heterocycles. The van der Waals surface area contributed by atoms with Crippen molar-refractivity contribution in [2.45, 2.75) is 18.7 Å². The SMILES string of the molecule is CCN(c1ccncc1)S(=O)(=O)c1ccc([N+](=O)[O-])c(C)c1. The monoisotopic (exact) mass is 321 g/mol. The molecule has 116 valence electrons. The van der Waals surface area contributed by atoms with Crippen LogP contribution in [0.4, 0.5) is 11.4 Å². The summed E-state index contributed by atoms with van der Waals surface area (Å²) in [6.07, 6.45) is 3.02. The van der Waals surface area contributed by atoms with Crippen molar-refractivity contribution in [3.8, 4) is 0 Å². The first-order chi connectivity index (χ1) is 10.4. The van der Waals surface area contributed by atoms with E-state index in [0.29, 0.717) is 11.3 Å². The predicted molar refractivity (Wildman–Crippen MR) is 82.3 cm³/mol. The normalized spacial score (nSPS) is 11.2. The summed E-state index contributed by atoms with van der Waals surface area (Å²) in [6.45, 7) is 3.47. The molecule has 0 saturated heterocycles. The molecule has 0 radical (unpaired) electrons. The van der Waals surface area contributed by atoms with Gasteiger partial charge in [0, 0.05) is 30.6 Å². The van der Waals surface area contributed by atoms with Crippen molar-refractivity contribution in [1.29, 1.82) is 0 Å². The van der Waals surface area contributed by atoms with Crippen molar-refractivity contribution in [1.82, 2.24) is 4.98 Å². The maximum absolute atomic E-state index is 12.7. The number of nitro groups is 1. The number of rotatable bonds is 5. The van der Waals surface area contributed by atoms with Crippen LogP contribution in [0, 0.1) is 17.0 Å². The van der Waals surface area contributed by atoms with Crippen LogP contribution in [0.2, 0.25) is 0 Å². The number of aryl methyl sites for hydroxylation is 1. The minimum Gasteiger partial charge on any atom is -0.267 e. The zero-order valence-electron chi connectivity index (χ0n) is 12.1. The van der Waals surface area contributed by atoms with Crippen LogP contribution in [-0.2, 0) is 10.0 Å². The van der Waals surface area contributed by atoms with Crippen LogP contribution in [0.15, 0.2) is 47.6 Å². The zero-order valence-corrected chi connectivity index (χ0v) is 12.9. The Hall–Kier alpha value is -2.48. The molecule has 1 heterocycles. The first-order valence-corrected chi connectivity index (χ1v) is 7.99. The number of pyridine rings is 1. The molecular weight excluding hydrogens is 306 g/mol. The molecule has 2 aromatic rings. The van der Waals surface area contributed by atoms with E-state index in [1.54, 1.807) is 19.1 Å². The number of nitro benzene ring substituents is 1. The van der Waals surface area contributed by atoms with Gasteiger partial charge in [-0.15, -0.1) is 0 Å². The molecule has 0 saturated carbocycles. The lowest BCUT2D eigenvalue weighted by Gasteiger charge is -2.22. The van der Waals surface area contributed by atoms with Gasteiger partial charge in [0.2, 0.25) is 0 Å². The lowest BCUT2D eigenvalue weighted by atomic mass is 10.2. The first kappa shape index (κ1) is 15.9. The van der Waals surface area contributed by atoms with E-state index in [1.165, 1.54) is 41.8 Å². The summed E-state index contributed by atoms with van der Waals surface area (Å²) in [7, 11) is -3.79. The Labute approximate surface area is 128 Å². The molecule has 0 aliphatic heterocycles. The standard InChI is InChI=1S/C14H15N3O4S/c1-3-16(12-6-8-15-9-7-12)22(20,21)13-4-5-14(17(18)19)11(2)10-13/h4-10H,3H2,1-2H3. The molecule has 0 spiro atoms. The lowest BCUT2D eigenvalue weighted by molar-refractivity contribution is -0.385. The summed E-state index contributed by atoms with van der Waals surface area (Å²) in [5.41, 5.74) is 0.691. The zero-order chi connectivity index (χ0) is 16.3. The fourth-order valence-corrected chi connectivity index (χ4v) is 3.68. The molecule has 22 heavy (non-hydrogen) atoms. The van der Waals surface area contributed by atoms with Gasteiger partial charge in [0.15, 0.2) is 0 Å². The van der Waals surface area contributed by atoms with Crippen molar-refractivity contribution in [2.75, 3.05) is 10.8 Å². The third-order valence-electron chi connectivity index (χ3n) is 3.19. The summed E-state index contributed by atoms with van der Waals surface area (Å²) in [6, 6.07) is 6.98. The third-order valence-corrected chi connectivity index (χ3v) is 5.09. The first-order valence-electron chi connectivity index (χ1n) is 6.55. The molecule has 0 atom stereocenters. The van der Waals surface area contributed by atoms with Crippen molar-refractivity contribution >= 4 is 21.4 Å². The van der Waals surface area contributed by atoms with Crippen molar-refractivity contribution < 1.29 is 13.3 Å². The molecule has 0 aliphatic carbocycles. The predicted octanol–water partition coefficient (Wildman–Crippen LogP) is 2.51. The van der Waals surface area contributed by atoms with E-state index in [1.807, 2.05) is 0 Å². The molecular formula is C14H15N3O4S. The van der Waals surface area contributed by atoms with Crippen LogP contribution >= 0.6 is 0 Å². The van der Waals surface area contributed by atoms with E-state index < -0.39 is 14.9 Å². The van der Waals surface area contributed by atoms with Gasteiger partial charge < -0.3 is 0 Å². The highest BCUT2D eigenvalue weighted by Crippen LogP contribution is 2.26. The quantitative estimate of drug-likeness (QED) is 0.623. The van der Waals surface area contributed by atoms with Gasteiger partial charge >= 0.3 is 0 Å². The van der Waals surface area contributed by atoms with Gasteiger partial charge in [0.25, 0.3) is 15.7 Å². The largest absolute Gasteiger partial charge is 0.272 e. The minimum absolute atomic E-state index is 0.0225. The Morgan fingerprint density at radius 2 is 1.86 bits per heavy atom. The average Bonchev–Trinajstić information content (AvgIpc) is 2.48. The number of sulfonamides is 1. The highest BCUT2D eigenvalue weighted by atomic mass is 32.2. The van der Waals surface area contributed by atoms with Gasteiger partial charge in [0.1, 0.15) is 0 Å². The van der Waals surface area contributed by atoms with E-state index in [9.17, 15) is 18.5 Å². The molecule has 0 amide bonds. The van der Waals surface area contributed by atoms with Crippen LogP contribution < -0.4 is 4.31 Å². The molecule has 7 nitrogen and oxygen atoms in total. The summed E-state index contributed by atoms with van der Waals surface area (Å²) in [5, 5.41) is 10.8. The second kappa shape index (κ2) is 6.10. The van der Waals surface area contributed by atoms with E-state index in [4.69, 9.17) is 0 Å². The number of aromatic nitrogens is 1. The van der Waals surface area contributed by atoms with Crippen LogP contribution in [0.3, 0.4) is 0 Å². The molecule has 0 aliphatic rings. The Balaban J connectivity index is 2.50. The number of nitrogens with zero attached hydrogens (tertiary/aromatic N) is 3. The fraction of sp³-hybridized carbons (Fsp3) is 0.214. The van der Waals surface area contributed by atoms with E-state index >= 15 is 0 Å². The number of hydrogen-bond donors (Lipinski definition) is 0.